The van der Waals surface area contributed by atoms with E-state index in [0.29, 0.717) is 0 Å². The second kappa shape index (κ2) is 4.83. The van der Waals surface area contributed by atoms with Crippen molar-refractivity contribution in [2.45, 2.75) is 0 Å². The van der Waals surface area contributed by atoms with Crippen LogP contribution in [-0.2, 0) is 0 Å². The van der Waals surface area contributed by atoms with Crippen LogP contribution in [-0.4, -0.2) is 15.0 Å². The topological polar surface area (TPSA) is 38.7 Å². The smallest absolute Gasteiger partial charge is 0.108 e. The van der Waals surface area contributed by atoms with Gasteiger partial charge in [-0.25, -0.2) is 4.98 Å². The Labute approximate surface area is 136 Å². The van der Waals surface area contributed by atoms with Crippen LogP contribution in [0.2, 0.25) is 0 Å². The first kappa shape index (κ1) is 12.7. The number of para-hydroxylation sites is 2. The minimum absolute atomic E-state index is 0.806. The number of aromatic nitrogens is 3. The number of benzene rings is 2. The van der Waals surface area contributed by atoms with Gasteiger partial charge in [-0.05, 0) is 24.3 Å². The lowest BCUT2D eigenvalue weighted by Gasteiger charge is -2.02. The van der Waals surface area contributed by atoms with Crippen molar-refractivity contribution in [1.29, 1.82) is 0 Å². The molecule has 0 spiro atoms. The van der Waals surface area contributed by atoms with Gasteiger partial charge in [-0.2, -0.15) is 0 Å². The molecule has 23 heavy (non-hydrogen) atoms. The van der Waals surface area contributed by atoms with Gasteiger partial charge in [0.1, 0.15) is 5.69 Å². The van der Waals surface area contributed by atoms with E-state index in [1.165, 1.54) is 20.2 Å². The Hall–Kier alpha value is -2.85. The largest absolute Gasteiger partial charge is 0.253 e. The van der Waals surface area contributed by atoms with Gasteiger partial charge in [0.2, 0.25) is 0 Å². The molecular formula is C19H11N3S. The van der Waals surface area contributed by atoms with Crippen LogP contribution in [0.15, 0.2) is 67.0 Å². The van der Waals surface area contributed by atoms with E-state index in [-0.39, 0.29) is 0 Å². The first-order valence-corrected chi connectivity index (χ1v) is 8.19. The molecule has 3 heterocycles. The molecule has 0 saturated carbocycles. The number of hydrogen-bond acceptors (Lipinski definition) is 4. The zero-order valence-corrected chi connectivity index (χ0v) is 12.9. The molecule has 2 aromatic carbocycles. The molecule has 3 nitrogen and oxygen atoms in total. The standard InChI is InChI=1S/C19H11N3S/c1-4-8-18-12(5-1)13-9-16(21-11-19(13)23-18)17-10-20-14-6-2-3-7-15(14)22-17/h1-11H. The molecule has 0 aliphatic carbocycles. The molecule has 0 N–H and O–H groups in total. The predicted molar refractivity (Wildman–Crippen MR) is 95.7 cm³/mol. The maximum Gasteiger partial charge on any atom is 0.108 e. The van der Waals surface area contributed by atoms with E-state index >= 15 is 0 Å². The fourth-order valence-electron chi connectivity index (χ4n) is 2.85. The van der Waals surface area contributed by atoms with Gasteiger partial charge in [0.15, 0.2) is 0 Å². The highest BCUT2D eigenvalue weighted by Gasteiger charge is 2.09. The Morgan fingerprint density at radius 2 is 1.48 bits per heavy atom. The van der Waals surface area contributed by atoms with E-state index in [1.807, 2.05) is 30.5 Å². The average molecular weight is 313 g/mol. The summed E-state index contributed by atoms with van der Waals surface area (Å²) >= 11 is 1.77. The molecule has 0 radical (unpaired) electrons. The molecule has 0 atom stereocenters. The molecule has 5 rings (SSSR count). The van der Waals surface area contributed by atoms with E-state index < -0.39 is 0 Å². The Kier molecular flexibility index (Phi) is 2.66. The molecule has 0 amide bonds. The number of nitrogens with zero attached hydrogens (tertiary/aromatic N) is 3. The molecule has 5 aromatic rings. The number of rotatable bonds is 1. The molecule has 3 aromatic heterocycles. The monoisotopic (exact) mass is 313 g/mol. The van der Waals surface area contributed by atoms with Crippen molar-refractivity contribution < 1.29 is 0 Å². The molecular weight excluding hydrogens is 302 g/mol. The second-order valence-corrected chi connectivity index (χ2v) is 6.49. The quantitative estimate of drug-likeness (QED) is 0.434. The highest BCUT2D eigenvalue weighted by atomic mass is 32.1. The summed E-state index contributed by atoms with van der Waals surface area (Å²) in [7, 11) is 0. The summed E-state index contributed by atoms with van der Waals surface area (Å²) in [6.45, 7) is 0. The first-order chi connectivity index (χ1) is 11.4. The van der Waals surface area contributed by atoms with Crippen molar-refractivity contribution >= 4 is 42.5 Å². The van der Waals surface area contributed by atoms with Crippen LogP contribution in [0.3, 0.4) is 0 Å². The van der Waals surface area contributed by atoms with Crippen molar-refractivity contribution in [2.24, 2.45) is 0 Å². The highest BCUT2D eigenvalue weighted by molar-refractivity contribution is 7.25. The van der Waals surface area contributed by atoms with Gasteiger partial charge in [0.05, 0.1) is 27.6 Å². The van der Waals surface area contributed by atoms with E-state index in [9.17, 15) is 0 Å². The summed E-state index contributed by atoms with van der Waals surface area (Å²) in [5.41, 5.74) is 3.46. The summed E-state index contributed by atoms with van der Waals surface area (Å²) < 4.78 is 2.48. The fraction of sp³-hybridized carbons (Fsp3) is 0. The summed E-state index contributed by atoms with van der Waals surface area (Å²) in [6.07, 6.45) is 3.73. The first-order valence-electron chi connectivity index (χ1n) is 7.38. The number of pyridine rings is 1. The third kappa shape index (κ3) is 1.99. The van der Waals surface area contributed by atoms with E-state index in [4.69, 9.17) is 4.98 Å². The summed E-state index contributed by atoms with van der Waals surface area (Å²) in [5, 5.41) is 2.50. The van der Waals surface area contributed by atoms with Gasteiger partial charge in [0, 0.05) is 21.7 Å². The Bertz CT molecular complexity index is 1180. The maximum absolute atomic E-state index is 4.70. The van der Waals surface area contributed by atoms with Crippen LogP contribution < -0.4 is 0 Å². The third-order valence-corrected chi connectivity index (χ3v) is 5.10. The van der Waals surface area contributed by atoms with Gasteiger partial charge >= 0.3 is 0 Å². The van der Waals surface area contributed by atoms with Gasteiger partial charge in [-0.3, -0.25) is 9.97 Å². The van der Waals surface area contributed by atoms with Crippen LogP contribution in [0.5, 0.6) is 0 Å². The van der Waals surface area contributed by atoms with Gasteiger partial charge < -0.3 is 0 Å². The lowest BCUT2D eigenvalue weighted by atomic mass is 10.1. The Balaban J connectivity index is 1.76. The zero-order valence-electron chi connectivity index (χ0n) is 12.1. The molecule has 108 valence electrons. The molecule has 0 bridgehead atoms. The number of hydrogen-bond donors (Lipinski definition) is 0. The van der Waals surface area contributed by atoms with Crippen molar-refractivity contribution in [1.82, 2.24) is 15.0 Å². The van der Waals surface area contributed by atoms with Crippen molar-refractivity contribution in [3.05, 3.63) is 67.0 Å². The number of fused-ring (bicyclic) bond motifs is 4. The third-order valence-electron chi connectivity index (χ3n) is 3.98. The summed E-state index contributed by atoms with van der Waals surface area (Å²) in [5.74, 6) is 0. The number of thiophene rings is 1. The average Bonchev–Trinajstić information content (AvgIpc) is 2.99. The molecule has 4 heteroatoms. The Morgan fingerprint density at radius 1 is 0.652 bits per heavy atom. The molecule has 0 unspecified atom stereocenters. The molecule has 0 aliphatic heterocycles. The van der Waals surface area contributed by atoms with E-state index in [0.717, 1.165) is 22.4 Å². The van der Waals surface area contributed by atoms with Crippen LogP contribution in [0.1, 0.15) is 0 Å². The lowest BCUT2D eigenvalue weighted by molar-refractivity contribution is 1.25. The van der Waals surface area contributed by atoms with Gasteiger partial charge in [-0.1, -0.05) is 30.3 Å². The SMILES string of the molecule is c1ccc2nc(-c3cc4c(cn3)sc3ccccc34)cnc2c1. The van der Waals surface area contributed by atoms with Crippen LogP contribution in [0.25, 0.3) is 42.6 Å². The Morgan fingerprint density at radius 3 is 2.43 bits per heavy atom. The minimum atomic E-state index is 0.806. The van der Waals surface area contributed by atoms with Gasteiger partial charge in [0.25, 0.3) is 0 Å². The molecule has 0 aliphatic rings. The van der Waals surface area contributed by atoms with Crippen LogP contribution in [0, 0.1) is 0 Å². The normalized spacial score (nSPS) is 11.5. The molecule has 0 fully saturated rings. The van der Waals surface area contributed by atoms with Crippen molar-refractivity contribution in [3.8, 4) is 11.4 Å². The van der Waals surface area contributed by atoms with E-state index in [1.54, 1.807) is 17.5 Å². The summed E-state index contributed by atoms with van der Waals surface area (Å²) in [6, 6.07) is 18.5. The maximum atomic E-state index is 4.70. The van der Waals surface area contributed by atoms with Gasteiger partial charge in [-0.15, -0.1) is 11.3 Å². The fourth-order valence-corrected chi connectivity index (χ4v) is 3.91. The van der Waals surface area contributed by atoms with Crippen LogP contribution in [0.4, 0.5) is 0 Å². The van der Waals surface area contributed by atoms with Crippen molar-refractivity contribution in [2.75, 3.05) is 0 Å². The lowest BCUT2D eigenvalue weighted by Crippen LogP contribution is -1.90. The predicted octanol–water partition coefficient (Wildman–Crippen LogP) is 5.06. The molecule has 0 saturated heterocycles. The summed E-state index contributed by atoms with van der Waals surface area (Å²) in [4.78, 5) is 13.8. The highest BCUT2D eigenvalue weighted by Crippen LogP contribution is 2.34. The minimum Gasteiger partial charge on any atom is -0.253 e. The van der Waals surface area contributed by atoms with E-state index in [2.05, 4.69) is 40.3 Å². The van der Waals surface area contributed by atoms with Crippen molar-refractivity contribution in [3.63, 3.8) is 0 Å². The second-order valence-electron chi connectivity index (χ2n) is 5.41. The zero-order chi connectivity index (χ0) is 15.2. The van der Waals surface area contributed by atoms with Crippen LogP contribution >= 0.6 is 11.3 Å².